The third-order valence-electron chi connectivity index (χ3n) is 7.82. The van der Waals surface area contributed by atoms with Crippen LogP contribution in [0.4, 0.5) is 8.78 Å². The summed E-state index contributed by atoms with van der Waals surface area (Å²) in [5.41, 5.74) is 7.46. The van der Waals surface area contributed by atoms with Crippen molar-refractivity contribution in [3.05, 3.63) is 93.6 Å². The Morgan fingerprint density at radius 3 is 2.57 bits per heavy atom. The van der Waals surface area contributed by atoms with E-state index in [0.29, 0.717) is 36.3 Å². The Balaban J connectivity index is 1.64. The molecule has 0 nitrogen and oxygen atoms in total. The van der Waals surface area contributed by atoms with Gasteiger partial charge < -0.3 is 0 Å². The first-order chi connectivity index (χ1) is 16.8. The van der Waals surface area contributed by atoms with Crippen LogP contribution in [0.5, 0.6) is 0 Å². The van der Waals surface area contributed by atoms with Crippen LogP contribution in [0.2, 0.25) is 0 Å². The third-order valence-corrected chi connectivity index (χ3v) is 7.82. The van der Waals surface area contributed by atoms with Gasteiger partial charge in [-0.2, -0.15) is 0 Å². The largest absolute Gasteiger partial charge is 0.207 e. The van der Waals surface area contributed by atoms with Crippen molar-refractivity contribution in [2.24, 2.45) is 17.8 Å². The monoisotopic (exact) mass is 478 g/mol. The van der Waals surface area contributed by atoms with Crippen LogP contribution in [0.15, 0.2) is 70.9 Å². The minimum atomic E-state index is -0.458. The van der Waals surface area contributed by atoms with Crippen LogP contribution >= 0.6 is 0 Å². The van der Waals surface area contributed by atoms with Gasteiger partial charge in [0.05, 0.1) is 0 Å². The molecule has 35 heavy (non-hydrogen) atoms. The summed E-state index contributed by atoms with van der Waals surface area (Å²) in [6.45, 7) is 15.0. The average molecular weight is 479 g/mol. The van der Waals surface area contributed by atoms with Crippen molar-refractivity contribution < 1.29 is 8.78 Å². The highest BCUT2D eigenvalue weighted by Gasteiger charge is 2.46. The highest BCUT2D eigenvalue weighted by atomic mass is 19.1. The number of rotatable bonds is 12. The summed E-state index contributed by atoms with van der Waals surface area (Å²) >= 11 is 0. The molecule has 0 saturated heterocycles. The normalized spacial score (nSPS) is 23.2. The van der Waals surface area contributed by atoms with E-state index in [1.165, 1.54) is 48.8 Å². The molecule has 0 aliphatic heterocycles. The number of hydrogen-bond acceptors (Lipinski definition) is 0. The number of halogens is 2. The van der Waals surface area contributed by atoms with Crippen LogP contribution in [0, 0.1) is 29.4 Å². The molecule has 0 spiro atoms. The Morgan fingerprint density at radius 1 is 1.14 bits per heavy atom. The number of allylic oxidation sites excluding steroid dienone is 9. The topological polar surface area (TPSA) is 0 Å². The summed E-state index contributed by atoms with van der Waals surface area (Å²) in [5.74, 6) is 1.17. The molecule has 3 atom stereocenters. The van der Waals surface area contributed by atoms with Crippen molar-refractivity contribution in [1.82, 2.24) is 0 Å². The minimum absolute atomic E-state index is 0.455. The van der Waals surface area contributed by atoms with Gasteiger partial charge in [-0.15, -0.1) is 0 Å². The number of aryl methyl sites for hydroxylation is 1. The van der Waals surface area contributed by atoms with Crippen molar-refractivity contribution >= 4 is 0 Å². The molecular formula is C33H44F2. The molecule has 2 fully saturated rings. The van der Waals surface area contributed by atoms with E-state index in [0.717, 1.165) is 35.5 Å². The Labute approximate surface area is 212 Å². The molecule has 2 aliphatic rings. The number of unbranched alkanes of at least 4 members (excludes halogenated alkanes) is 2. The second-order valence-electron chi connectivity index (χ2n) is 10.8. The SMILES string of the molecule is C=C(/C=C1/CC2CC2/C1=C/C)CCc1cc(C/C(C)=C\C(=C/C)C(C)CCCCC)c(F)cc1F. The molecule has 0 bridgehead atoms. The van der Waals surface area contributed by atoms with Gasteiger partial charge in [0.2, 0.25) is 0 Å². The first kappa shape index (κ1) is 27.4. The van der Waals surface area contributed by atoms with Crippen molar-refractivity contribution in [3.8, 4) is 0 Å². The molecule has 0 aromatic heterocycles. The maximum atomic E-state index is 14.7. The van der Waals surface area contributed by atoms with Crippen LogP contribution in [0.25, 0.3) is 0 Å². The summed E-state index contributed by atoms with van der Waals surface area (Å²) in [6, 6.07) is 2.79. The molecule has 0 amide bonds. The summed E-state index contributed by atoms with van der Waals surface area (Å²) in [4.78, 5) is 0. The van der Waals surface area contributed by atoms with E-state index < -0.39 is 11.6 Å². The molecule has 2 aliphatic carbocycles. The molecule has 3 unspecified atom stereocenters. The fraction of sp³-hybridized carbons (Fsp3) is 0.515. The molecule has 2 saturated carbocycles. The van der Waals surface area contributed by atoms with E-state index in [9.17, 15) is 8.78 Å². The van der Waals surface area contributed by atoms with E-state index in [4.69, 9.17) is 0 Å². The molecule has 0 N–H and O–H groups in total. The first-order valence-corrected chi connectivity index (χ1v) is 13.6. The number of fused-ring (bicyclic) bond motifs is 1. The smallest absolute Gasteiger partial charge is 0.129 e. The second kappa shape index (κ2) is 12.7. The zero-order valence-corrected chi connectivity index (χ0v) is 22.5. The standard InChI is InChI=1S/C33H44F2/c1-7-10-11-12-24(6)25(8-2)16-23(5)17-29-18-26(32(34)21-33(29)35)14-13-22(4)15-27-19-28-20-31(28)30(27)9-3/h8-9,15-16,18,21,24,28,31H,4,7,10-14,17,19-20H2,1-3,5-6H3/b23-16-,25-8+,27-15-,30-9+. The maximum absolute atomic E-state index is 14.7. The van der Waals surface area contributed by atoms with Crippen LogP contribution < -0.4 is 0 Å². The molecular weight excluding hydrogens is 434 g/mol. The van der Waals surface area contributed by atoms with Gasteiger partial charge in [-0.25, -0.2) is 8.78 Å². The van der Waals surface area contributed by atoms with Crippen molar-refractivity contribution in [3.63, 3.8) is 0 Å². The third kappa shape index (κ3) is 7.38. The van der Waals surface area contributed by atoms with Crippen molar-refractivity contribution in [2.45, 2.75) is 92.4 Å². The van der Waals surface area contributed by atoms with E-state index >= 15 is 0 Å². The predicted molar refractivity (Wildman–Crippen MR) is 146 cm³/mol. The van der Waals surface area contributed by atoms with E-state index in [1.807, 2.05) is 6.92 Å². The van der Waals surface area contributed by atoms with Crippen molar-refractivity contribution in [2.75, 3.05) is 0 Å². The average Bonchev–Trinajstić information content (AvgIpc) is 3.49. The molecule has 3 rings (SSSR count). The summed E-state index contributed by atoms with van der Waals surface area (Å²) in [6.07, 6.45) is 17.9. The van der Waals surface area contributed by atoms with Gasteiger partial charge in [-0.1, -0.05) is 75.1 Å². The van der Waals surface area contributed by atoms with E-state index in [1.54, 1.807) is 6.07 Å². The maximum Gasteiger partial charge on any atom is 0.129 e. The lowest BCUT2D eigenvalue weighted by molar-refractivity contribution is 0.559. The molecule has 190 valence electrons. The quantitative estimate of drug-likeness (QED) is 0.207. The Kier molecular flexibility index (Phi) is 9.89. The summed E-state index contributed by atoms with van der Waals surface area (Å²) in [5, 5.41) is 0. The van der Waals surface area contributed by atoms with Crippen LogP contribution in [-0.2, 0) is 12.8 Å². The summed E-state index contributed by atoms with van der Waals surface area (Å²) < 4.78 is 29.2. The zero-order chi connectivity index (χ0) is 25.5. The lowest BCUT2D eigenvalue weighted by Crippen LogP contribution is -2.02. The lowest BCUT2D eigenvalue weighted by atomic mass is 9.91. The predicted octanol–water partition coefficient (Wildman–Crippen LogP) is 10.0. The summed E-state index contributed by atoms with van der Waals surface area (Å²) in [7, 11) is 0. The number of benzene rings is 1. The number of hydrogen-bond donors (Lipinski definition) is 0. The van der Waals surface area contributed by atoms with Gasteiger partial charge in [0.25, 0.3) is 0 Å². The first-order valence-electron chi connectivity index (χ1n) is 13.6. The van der Waals surface area contributed by atoms with Gasteiger partial charge in [0.1, 0.15) is 11.6 Å². The minimum Gasteiger partial charge on any atom is -0.207 e. The van der Waals surface area contributed by atoms with E-state index in [2.05, 4.69) is 58.6 Å². The van der Waals surface area contributed by atoms with Gasteiger partial charge in [0.15, 0.2) is 0 Å². The molecule has 1 aromatic rings. The fourth-order valence-corrected chi connectivity index (χ4v) is 5.63. The highest BCUT2D eigenvalue weighted by molar-refractivity contribution is 5.46. The zero-order valence-electron chi connectivity index (χ0n) is 22.5. The fourth-order valence-electron chi connectivity index (χ4n) is 5.63. The second-order valence-corrected chi connectivity index (χ2v) is 10.8. The Morgan fingerprint density at radius 2 is 1.89 bits per heavy atom. The van der Waals surface area contributed by atoms with Gasteiger partial charge in [0, 0.05) is 6.07 Å². The van der Waals surface area contributed by atoms with Gasteiger partial charge >= 0.3 is 0 Å². The van der Waals surface area contributed by atoms with Crippen LogP contribution in [0.3, 0.4) is 0 Å². The van der Waals surface area contributed by atoms with Crippen LogP contribution in [-0.4, -0.2) is 0 Å². The molecule has 0 heterocycles. The van der Waals surface area contributed by atoms with Crippen LogP contribution in [0.1, 0.15) is 90.7 Å². The Bertz CT molecular complexity index is 1030. The molecule has 0 radical (unpaired) electrons. The molecule has 1 aromatic carbocycles. The van der Waals surface area contributed by atoms with E-state index in [-0.39, 0.29) is 0 Å². The molecule has 2 heteroatoms. The van der Waals surface area contributed by atoms with Gasteiger partial charge in [-0.3, -0.25) is 0 Å². The van der Waals surface area contributed by atoms with Gasteiger partial charge in [-0.05, 0) is 111 Å². The highest BCUT2D eigenvalue weighted by Crippen LogP contribution is 2.57. The van der Waals surface area contributed by atoms with Crippen molar-refractivity contribution in [1.29, 1.82) is 0 Å². The lowest BCUT2D eigenvalue weighted by Gasteiger charge is -2.14. The Hall–Kier alpha value is -2.22.